The number of halogens is 3. The Labute approximate surface area is 127 Å². The lowest BCUT2D eigenvalue weighted by molar-refractivity contribution is -0.161. The fourth-order valence-corrected chi connectivity index (χ4v) is 2.92. The Hall–Kier alpha value is -2.82. The molecule has 0 atom stereocenters. The van der Waals surface area contributed by atoms with Gasteiger partial charge in [0.2, 0.25) is 0 Å². The average molecular weight is 318 g/mol. The number of nitrogens with zero attached hydrogens (tertiary/aromatic N) is 3. The molecule has 5 nitrogen and oxygen atoms in total. The molecule has 2 aromatic heterocycles. The third-order valence-corrected chi connectivity index (χ3v) is 4.35. The molecule has 1 aliphatic rings. The first-order valence-corrected chi connectivity index (χ1v) is 6.90. The molecule has 0 spiro atoms. The Morgan fingerprint density at radius 2 is 2.00 bits per heavy atom. The number of alkyl halides is 3. The van der Waals surface area contributed by atoms with Crippen LogP contribution in [0.1, 0.15) is 24.1 Å². The number of aromatic amines is 1. The molecule has 23 heavy (non-hydrogen) atoms. The van der Waals surface area contributed by atoms with Gasteiger partial charge in [0.15, 0.2) is 5.65 Å². The SMILES string of the molecule is N#Cc1c(C2(C(F)(F)F)CC2)nn2c(=O)c3ccccc3[nH]c12. The molecule has 0 saturated heterocycles. The predicted molar refractivity (Wildman–Crippen MR) is 75.0 cm³/mol. The van der Waals surface area contributed by atoms with Gasteiger partial charge in [0, 0.05) is 0 Å². The molecule has 8 heteroatoms. The summed E-state index contributed by atoms with van der Waals surface area (Å²) in [6, 6.07) is 8.30. The van der Waals surface area contributed by atoms with Crippen LogP contribution < -0.4 is 5.56 Å². The van der Waals surface area contributed by atoms with Gasteiger partial charge in [-0.3, -0.25) is 4.79 Å². The van der Waals surface area contributed by atoms with E-state index in [1.165, 1.54) is 0 Å². The normalized spacial score (nSPS) is 16.6. The minimum absolute atomic E-state index is 0.00160. The molecule has 1 aromatic carbocycles. The maximum absolute atomic E-state index is 13.4. The quantitative estimate of drug-likeness (QED) is 0.749. The van der Waals surface area contributed by atoms with Gasteiger partial charge in [-0.2, -0.15) is 28.0 Å². The fraction of sp³-hybridized carbons (Fsp3) is 0.267. The molecule has 1 fully saturated rings. The van der Waals surface area contributed by atoms with Gasteiger partial charge in [-0.05, 0) is 25.0 Å². The number of benzene rings is 1. The van der Waals surface area contributed by atoms with E-state index in [4.69, 9.17) is 0 Å². The topological polar surface area (TPSA) is 74.0 Å². The number of nitriles is 1. The van der Waals surface area contributed by atoms with E-state index >= 15 is 0 Å². The highest BCUT2D eigenvalue weighted by Gasteiger charge is 2.66. The van der Waals surface area contributed by atoms with Crippen molar-refractivity contribution in [2.75, 3.05) is 0 Å². The standard InChI is InChI=1S/C15H9F3N4O/c16-15(17,18)14(5-6-14)11-9(7-19)12-20-10-4-2-1-3-8(10)13(23)22(12)21-11/h1-4,20H,5-6H2. The predicted octanol–water partition coefficient (Wildman–Crippen LogP) is 2.64. The zero-order valence-electron chi connectivity index (χ0n) is 11.6. The fourth-order valence-electron chi connectivity index (χ4n) is 2.92. The first kappa shape index (κ1) is 13.8. The summed E-state index contributed by atoms with van der Waals surface area (Å²) in [5.74, 6) is 0. The van der Waals surface area contributed by atoms with Crippen LogP contribution >= 0.6 is 0 Å². The van der Waals surface area contributed by atoms with Gasteiger partial charge < -0.3 is 4.98 Å². The Morgan fingerprint density at radius 1 is 1.30 bits per heavy atom. The summed E-state index contributed by atoms with van der Waals surface area (Å²) in [6.45, 7) is 0. The van der Waals surface area contributed by atoms with E-state index in [1.807, 2.05) is 0 Å². The highest BCUT2D eigenvalue weighted by Crippen LogP contribution is 2.59. The number of para-hydroxylation sites is 1. The van der Waals surface area contributed by atoms with E-state index in [0.717, 1.165) is 4.52 Å². The number of fused-ring (bicyclic) bond motifs is 2. The van der Waals surface area contributed by atoms with E-state index in [1.54, 1.807) is 30.3 Å². The lowest BCUT2D eigenvalue weighted by Crippen LogP contribution is -2.30. The maximum Gasteiger partial charge on any atom is 0.400 e. The number of hydrogen-bond acceptors (Lipinski definition) is 3. The van der Waals surface area contributed by atoms with E-state index in [-0.39, 0.29) is 29.7 Å². The van der Waals surface area contributed by atoms with Crippen LogP contribution in [0.4, 0.5) is 13.2 Å². The van der Waals surface area contributed by atoms with E-state index in [2.05, 4.69) is 10.1 Å². The highest BCUT2D eigenvalue weighted by atomic mass is 19.4. The summed E-state index contributed by atoms with van der Waals surface area (Å²) in [4.78, 5) is 15.3. The number of hydrogen-bond donors (Lipinski definition) is 1. The number of nitrogens with one attached hydrogen (secondary N) is 1. The van der Waals surface area contributed by atoms with Gasteiger partial charge >= 0.3 is 6.18 Å². The van der Waals surface area contributed by atoms with Gasteiger partial charge in [-0.15, -0.1) is 0 Å². The van der Waals surface area contributed by atoms with Crippen molar-refractivity contribution in [3.63, 3.8) is 0 Å². The summed E-state index contributed by atoms with van der Waals surface area (Å²) >= 11 is 0. The first-order chi connectivity index (χ1) is 10.9. The van der Waals surface area contributed by atoms with Crippen LogP contribution in [-0.4, -0.2) is 20.8 Å². The van der Waals surface area contributed by atoms with Gasteiger partial charge in [-0.1, -0.05) is 12.1 Å². The minimum atomic E-state index is -4.50. The molecule has 1 aliphatic carbocycles. The van der Waals surface area contributed by atoms with Crippen LogP contribution in [0.3, 0.4) is 0 Å². The Balaban J connectivity index is 2.13. The molecule has 1 saturated carbocycles. The van der Waals surface area contributed by atoms with Crippen molar-refractivity contribution >= 4 is 16.6 Å². The van der Waals surface area contributed by atoms with Gasteiger partial charge in [-0.25, -0.2) is 0 Å². The molecule has 0 bridgehead atoms. The van der Waals surface area contributed by atoms with E-state index < -0.39 is 17.2 Å². The van der Waals surface area contributed by atoms with Crippen LogP contribution in [0, 0.1) is 11.3 Å². The summed E-state index contributed by atoms with van der Waals surface area (Å²) in [7, 11) is 0. The van der Waals surface area contributed by atoms with Crippen molar-refractivity contribution in [1.29, 1.82) is 5.26 Å². The second kappa shape index (κ2) is 4.13. The zero-order valence-corrected chi connectivity index (χ0v) is 11.6. The van der Waals surface area contributed by atoms with Crippen LogP contribution in [0.5, 0.6) is 0 Å². The molecule has 1 N–H and O–H groups in total. The monoisotopic (exact) mass is 318 g/mol. The van der Waals surface area contributed by atoms with Crippen molar-refractivity contribution in [3.8, 4) is 6.07 Å². The maximum atomic E-state index is 13.4. The number of aromatic nitrogens is 3. The largest absolute Gasteiger partial charge is 0.400 e. The van der Waals surface area contributed by atoms with Crippen LogP contribution in [0.25, 0.3) is 16.6 Å². The van der Waals surface area contributed by atoms with Gasteiger partial charge in [0.25, 0.3) is 5.56 Å². The van der Waals surface area contributed by atoms with Crippen molar-refractivity contribution < 1.29 is 13.2 Å². The van der Waals surface area contributed by atoms with Crippen LogP contribution in [-0.2, 0) is 5.41 Å². The Bertz CT molecular complexity index is 1050. The van der Waals surface area contributed by atoms with Crippen molar-refractivity contribution in [2.24, 2.45) is 0 Å². The summed E-state index contributed by atoms with van der Waals surface area (Å²) in [5.41, 5.74) is -2.79. The molecular weight excluding hydrogens is 309 g/mol. The van der Waals surface area contributed by atoms with Crippen molar-refractivity contribution in [3.05, 3.63) is 45.9 Å². The smallest absolute Gasteiger partial charge is 0.338 e. The first-order valence-electron chi connectivity index (χ1n) is 6.90. The average Bonchev–Trinajstić information content (AvgIpc) is 3.24. The Kier molecular flexibility index (Phi) is 2.48. The molecule has 0 unspecified atom stereocenters. The molecule has 2 heterocycles. The summed E-state index contributed by atoms with van der Waals surface area (Å²) in [6.07, 6.45) is -4.75. The molecule has 0 amide bonds. The molecule has 4 rings (SSSR count). The zero-order chi connectivity index (χ0) is 16.4. The van der Waals surface area contributed by atoms with Gasteiger partial charge in [0.1, 0.15) is 17.0 Å². The Morgan fingerprint density at radius 3 is 2.61 bits per heavy atom. The minimum Gasteiger partial charge on any atom is -0.338 e. The summed E-state index contributed by atoms with van der Waals surface area (Å²) < 4.78 is 40.9. The molecule has 0 aliphatic heterocycles. The van der Waals surface area contributed by atoms with Crippen molar-refractivity contribution in [2.45, 2.75) is 24.4 Å². The lowest BCUT2D eigenvalue weighted by Gasteiger charge is -2.16. The molecule has 116 valence electrons. The lowest BCUT2D eigenvalue weighted by atomic mass is 9.98. The van der Waals surface area contributed by atoms with E-state index in [0.29, 0.717) is 10.9 Å². The second-order valence-electron chi connectivity index (χ2n) is 5.65. The number of H-pyrrole nitrogens is 1. The van der Waals surface area contributed by atoms with Crippen LogP contribution in [0.15, 0.2) is 29.1 Å². The molecule has 3 aromatic rings. The van der Waals surface area contributed by atoms with Crippen molar-refractivity contribution in [1.82, 2.24) is 14.6 Å². The molecular formula is C15H9F3N4O. The van der Waals surface area contributed by atoms with Gasteiger partial charge in [0.05, 0.1) is 16.6 Å². The van der Waals surface area contributed by atoms with E-state index in [9.17, 15) is 23.2 Å². The number of rotatable bonds is 1. The third kappa shape index (κ3) is 1.67. The second-order valence-corrected chi connectivity index (χ2v) is 5.65. The summed E-state index contributed by atoms with van der Waals surface area (Å²) in [5, 5.41) is 13.5. The van der Waals surface area contributed by atoms with Crippen LogP contribution in [0.2, 0.25) is 0 Å². The molecule has 0 radical (unpaired) electrons. The third-order valence-electron chi connectivity index (χ3n) is 4.35. The highest BCUT2D eigenvalue weighted by molar-refractivity contribution is 5.80.